The van der Waals surface area contributed by atoms with Crippen LogP contribution < -0.4 is 16.0 Å². The van der Waals surface area contributed by atoms with Gasteiger partial charge in [0.1, 0.15) is 0 Å². The predicted octanol–water partition coefficient (Wildman–Crippen LogP) is 3.52. The highest BCUT2D eigenvalue weighted by Crippen LogP contribution is 2.21. The summed E-state index contributed by atoms with van der Waals surface area (Å²) in [6, 6.07) is 19.6. The summed E-state index contributed by atoms with van der Waals surface area (Å²) in [5.74, 6) is -0.333. The van der Waals surface area contributed by atoms with Crippen molar-refractivity contribution in [1.82, 2.24) is 16.0 Å². The molecule has 1 saturated carbocycles. The summed E-state index contributed by atoms with van der Waals surface area (Å²) >= 11 is 0. The minimum Gasteiger partial charge on any atom is -0.335 e. The van der Waals surface area contributed by atoms with Crippen LogP contribution in [-0.2, 0) is 4.79 Å². The molecule has 0 aromatic heterocycles. The highest BCUT2D eigenvalue weighted by Gasteiger charge is 2.18. The van der Waals surface area contributed by atoms with E-state index in [1.807, 2.05) is 60.7 Å². The Labute approximate surface area is 160 Å². The fraction of sp³-hybridized carbons (Fsp3) is 0.364. The number of rotatable bonds is 6. The lowest BCUT2D eigenvalue weighted by atomic mass is 9.96. The van der Waals surface area contributed by atoms with Crippen molar-refractivity contribution in [3.05, 3.63) is 71.8 Å². The SMILES string of the molecule is O=C(CNC(c1ccccc1)c1ccccc1)NC(=O)NC1CCCCC1. The summed E-state index contributed by atoms with van der Waals surface area (Å²) < 4.78 is 0. The van der Waals surface area contributed by atoms with Gasteiger partial charge in [-0.1, -0.05) is 79.9 Å². The number of nitrogens with one attached hydrogen (secondary N) is 3. The molecule has 3 rings (SSSR count). The fourth-order valence-electron chi connectivity index (χ4n) is 3.55. The molecule has 5 nitrogen and oxygen atoms in total. The molecule has 0 heterocycles. The molecule has 0 radical (unpaired) electrons. The molecular formula is C22H27N3O2. The van der Waals surface area contributed by atoms with E-state index in [2.05, 4.69) is 16.0 Å². The lowest BCUT2D eigenvalue weighted by molar-refractivity contribution is -0.119. The van der Waals surface area contributed by atoms with E-state index in [1.165, 1.54) is 6.42 Å². The highest BCUT2D eigenvalue weighted by atomic mass is 16.2. The van der Waals surface area contributed by atoms with Crippen LogP contribution in [0.3, 0.4) is 0 Å². The third-order valence-electron chi connectivity index (χ3n) is 4.93. The minimum atomic E-state index is -0.398. The zero-order valence-corrected chi connectivity index (χ0v) is 15.5. The number of imide groups is 1. The predicted molar refractivity (Wildman–Crippen MR) is 106 cm³/mol. The van der Waals surface area contributed by atoms with E-state index in [9.17, 15) is 9.59 Å². The Morgan fingerprint density at radius 1 is 0.852 bits per heavy atom. The molecule has 0 aliphatic heterocycles. The zero-order valence-electron chi connectivity index (χ0n) is 15.5. The van der Waals surface area contributed by atoms with Crippen molar-refractivity contribution in [3.8, 4) is 0 Å². The summed E-state index contributed by atoms with van der Waals surface area (Å²) in [7, 11) is 0. The van der Waals surface area contributed by atoms with Gasteiger partial charge in [0.2, 0.25) is 5.91 Å². The standard InChI is InChI=1S/C22H27N3O2/c26-20(25-22(27)24-19-14-8-3-9-15-19)16-23-21(17-10-4-1-5-11-17)18-12-6-2-7-13-18/h1-2,4-7,10-13,19,21,23H,3,8-9,14-16H2,(H2,24,25,26,27). The van der Waals surface area contributed by atoms with E-state index in [0.29, 0.717) is 0 Å². The van der Waals surface area contributed by atoms with Gasteiger partial charge in [-0.05, 0) is 24.0 Å². The van der Waals surface area contributed by atoms with E-state index >= 15 is 0 Å². The average Bonchev–Trinajstić information content (AvgIpc) is 2.70. The Hall–Kier alpha value is -2.66. The van der Waals surface area contributed by atoms with Crippen molar-refractivity contribution in [3.63, 3.8) is 0 Å². The van der Waals surface area contributed by atoms with Crippen molar-refractivity contribution in [2.75, 3.05) is 6.54 Å². The Balaban J connectivity index is 1.55. The Morgan fingerprint density at radius 2 is 1.41 bits per heavy atom. The van der Waals surface area contributed by atoms with Gasteiger partial charge in [-0.25, -0.2) is 4.79 Å². The lowest BCUT2D eigenvalue weighted by Crippen LogP contribution is -2.47. The van der Waals surface area contributed by atoms with Crippen LogP contribution in [-0.4, -0.2) is 24.5 Å². The zero-order chi connectivity index (χ0) is 18.9. The lowest BCUT2D eigenvalue weighted by Gasteiger charge is -2.23. The summed E-state index contributed by atoms with van der Waals surface area (Å²) in [4.78, 5) is 24.3. The number of hydrogen-bond donors (Lipinski definition) is 3. The molecule has 27 heavy (non-hydrogen) atoms. The monoisotopic (exact) mass is 365 g/mol. The second-order valence-electron chi connectivity index (χ2n) is 6.99. The number of benzene rings is 2. The Morgan fingerprint density at radius 3 is 1.96 bits per heavy atom. The van der Waals surface area contributed by atoms with Crippen LogP contribution in [0.15, 0.2) is 60.7 Å². The molecule has 0 spiro atoms. The third-order valence-corrected chi connectivity index (χ3v) is 4.93. The number of carbonyl (C=O) groups excluding carboxylic acids is 2. The van der Waals surface area contributed by atoms with Crippen molar-refractivity contribution in [1.29, 1.82) is 0 Å². The van der Waals surface area contributed by atoms with E-state index in [4.69, 9.17) is 0 Å². The molecule has 1 fully saturated rings. The molecule has 5 heteroatoms. The first-order valence-corrected chi connectivity index (χ1v) is 9.66. The third kappa shape index (κ3) is 5.93. The van der Waals surface area contributed by atoms with Crippen LogP contribution in [0.1, 0.15) is 49.3 Å². The van der Waals surface area contributed by atoms with Gasteiger partial charge in [-0.2, -0.15) is 0 Å². The number of urea groups is 1. The van der Waals surface area contributed by atoms with Gasteiger partial charge < -0.3 is 5.32 Å². The largest absolute Gasteiger partial charge is 0.335 e. The van der Waals surface area contributed by atoms with Crippen LogP contribution in [0.4, 0.5) is 4.79 Å². The molecular weight excluding hydrogens is 338 g/mol. The second-order valence-corrected chi connectivity index (χ2v) is 6.99. The maximum atomic E-state index is 12.2. The van der Waals surface area contributed by atoms with Gasteiger partial charge in [0.05, 0.1) is 12.6 Å². The Bertz CT molecular complexity index is 688. The van der Waals surface area contributed by atoms with Crippen LogP contribution in [0, 0.1) is 0 Å². The van der Waals surface area contributed by atoms with Crippen LogP contribution in [0.5, 0.6) is 0 Å². The molecule has 2 aromatic carbocycles. The highest BCUT2D eigenvalue weighted by molar-refractivity contribution is 5.95. The molecule has 142 valence electrons. The average molecular weight is 365 g/mol. The molecule has 1 aliphatic carbocycles. The first-order valence-electron chi connectivity index (χ1n) is 9.66. The van der Waals surface area contributed by atoms with Gasteiger partial charge in [-0.3, -0.25) is 15.4 Å². The van der Waals surface area contributed by atoms with E-state index < -0.39 is 6.03 Å². The number of carbonyl (C=O) groups is 2. The van der Waals surface area contributed by atoms with Crippen molar-refractivity contribution < 1.29 is 9.59 Å². The van der Waals surface area contributed by atoms with Gasteiger partial charge in [0.15, 0.2) is 0 Å². The molecule has 3 amide bonds. The summed E-state index contributed by atoms with van der Waals surface area (Å²) in [6.45, 7) is 0.0620. The quantitative estimate of drug-likeness (QED) is 0.733. The van der Waals surface area contributed by atoms with Crippen LogP contribution in [0.2, 0.25) is 0 Å². The first kappa shape index (κ1) is 19.1. The van der Waals surface area contributed by atoms with E-state index in [0.717, 1.165) is 36.8 Å². The van der Waals surface area contributed by atoms with Crippen molar-refractivity contribution in [2.45, 2.75) is 44.2 Å². The van der Waals surface area contributed by atoms with Crippen molar-refractivity contribution in [2.24, 2.45) is 0 Å². The van der Waals surface area contributed by atoms with Crippen molar-refractivity contribution >= 4 is 11.9 Å². The van der Waals surface area contributed by atoms with Gasteiger partial charge >= 0.3 is 6.03 Å². The van der Waals surface area contributed by atoms with E-state index in [-0.39, 0.29) is 24.5 Å². The second kappa shape index (κ2) is 9.88. The van der Waals surface area contributed by atoms with Gasteiger partial charge in [0, 0.05) is 6.04 Å². The minimum absolute atomic E-state index is 0.0620. The molecule has 0 atom stereocenters. The van der Waals surface area contributed by atoms with E-state index in [1.54, 1.807) is 0 Å². The summed E-state index contributed by atoms with van der Waals surface area (Å²) in [5.41, 5.74) is 2.14. The molecule has 2 aromatic rings. The molecule has 0 bridgehead atoms. The summed E-state index contributed by atoms with van der Waals surface area (Å²) in [6.07, 6.45) is 5.48. The normalized spacial score (nSPS) is 14.7. The molecule has 0 saturated heterocycles. The number of amides is 3. The fourth-order valence-corrected chi connectivity index (χ4v) is 3.55. The topological polar surface area (TPSA) is 70.2 Å². The summed E-state index contributed by atoms with van der Waals surface area (Å²) in [5, 5.41) is 8.61. The van der Waals surface area contributed by atoms with Crippen LogP contribution >= 0.6 is 0 Å². The maximum Gasteiger partial charge on any atom is 0.321 e. The molecule has 3 N–H and O–H groups in total. The molecule has 0 unspecified atom stereocenters. The molecule has 1 aliphatic rings. The number of hydrogen-bond acceptors (Lipinski definition) is 3. The van der Waals surface area contributed by atoms with Crippen LogP contribution in [0.25, 0.3) is 0 Å². The smallest absolute Gasteiger partial charge is 0.321 e. The first-order chi connectivity index (χ1) is 13.2. The maximum absolute atomic E-state index is 12.2. The Kier molecular flexibility index (Phi) is 6.99. The van der Waals surface area contributed by atoms with Gasteiger partial charge in [-0.15, -0.1) is 0 Å². The van der Waals surface area contributed by atoms with Gasteiger partial charge in [0.25, 0.3) is 0 Å².